The van der Waals surface area contributed by atoms with E-state index >= 15 is 0 Å². The van der Waals surface area contributed by atoms with Crippen molar-refractivity contribution in [2.75, 3.05) is 0 Å². The third kappa shape index (κ3) is 1.84. The van der Waals surface area contributed by atoms with Crippen LogP contribution >= 0.6 is 11.8 Å². The first-order chi connectivity index (χ1) is 7.12. The zero-order valence-electron chi connectivity index (χ0n) is 7.94. The van der Waals surface area contributed by atoms with Crippen LogP contribution in [-0.4, -0.2) is 10.9 Å². The van der Waals surface area contributed by atoms with Crippen LogP contribution in [0.15, 0.2) is 35.7 Å². The van der Waals surface area contributed by atoms with Crippen molar-refractivity contribution in [2.24, 2.45) is 11.5 Å². The Hall–Kier alpha value is -1.46. The lowest BCUT2D eigenvalue weighted by molar-refractivity contribution is -0.120. The molecular formula is C10H11N3OS. The molecule has 1 aromatic rings. The van der Waals surface area contributed by atoms with E-state index in [1.807, 2.05) is 30.3 Å². The van der Waals surface area contributed by atoms with Gasteiger partial charge in [0.15, 0.2) is 0 Å². The van der Waals surface area contributed by atoms with Crippen molar-refractivity contribution < 1.29 is 4.79 Å². The van der Waals surface area contributed by atoms with Gasteiger partial charge in [-0.2, -0.15) is 0 Å². The molecule has 1 aliphatic heterocycles. The average Bonchev–Trinajstić information content (AvgIpc) is 2.64. The highest BCUT2D eigenvalue weighted by atomic mass is 32.2. The molecule has 0 aliphatic carbocycles. The predicted octanol–water partition coefficient (Wildman–Crippen LogP) is 0.419. The molecule has 5 heteroatoms. The van der Waals surface area contributed by atoms with Crippen molar-refractivity contribution in [3.8, 4) is 0 Å². The molecule has 1 unspecified atom stereocenters. The topological polar surface area (TPSA) is 81.1 Å². The number of nitrogens with two attached hydrogens (primary N) is 2. The van der Waals surface area contributed by atoms with Crippen LogP contribution in [0.1, 0.15) is 5.56 Å². The van der Waals surface area contributed by atoms with Gasteiger partial charge in [-0.3, -0.25) is 10.5 Å². The molecule has 4 nitrogen and oxygen atoms in total. The number of hydrogen-bond acceptors (Lipinski definition) is 4. The van der Waals surface area contributed by atoms with Crippen molar-refractivity contribution in [3.63, 3.8) is 0 Å². The summed E-state index contributed by atoms with van der Waals surface area (Å²) < 4.78 is 0. The number of amides is 1. The number of nitrogens with one attached hydrogen (secondary N) is 1. The number of carbonyl (C=O) groups excluding carboxylic acids is 1. The van der Waals surface area contributed by atoms with E-state index < -0.39 is 10.9 Å². The van der Waals surface area contributed by atoms with Gasteiger partial charge in [0.1, 0.15) is 0 Å². The second-order valence-corrected chi connectivity index (χ2v) is 4.36. The Kier molecular flexibility index (Phi) is 2.42. The molecule has 78 valence electrons. The molecule has 0 saturated carbocycles. The molecule has 0 radical (unpaired) electrons. The van der Waals surface area contributed by atoms with E-state index in [-0.39, 0.29) is 0 Å². The Morgan fingerprint density at radius 3 is 2.53 bits per heavy atom. The van der Waals surface area contributed by atoms with E-state index in [0.29, 0.717) is 0 Å². The van der Waals surface area contributed by atoms with Gasteiger partial charge in [-0.25, -0.2) is 0 Å². The molecule has 0 saturated heterocycles. The zero-order chi connectivity index (χ0) is 10.9. The smallest absolute Gasteiger partial charge is 0.269 e. The lowest BCUT2D eigenvalue weighted by Crippen LogP contribution is -2.56. The van der Waals surface area contributed by atoms with Gasteiger partial charge in [-0.15, -0.1) is 0 Å². The Morgan fingerprint density at radius 2 is 2.00 bits per heavy atom. The molecule has 1 aromatic carbocycles. The summed E-state index contributed by atoms with van der Waals surface area (Å²) >= 11 is 1.19. The molecule has 2 rings (SSSR count). The van der Waals surface area contributed by atoms with Crippen LogP contribution in [0.2, 0.25) is 0 Å². The maximum Gasteiger partial charge on any atom is 0.269 e. The summed E-state index contributed by atoms with van der Waals surface area (Å²) in [6.45, 7) is 0. The number of hydrogen-bond donors (Lipinski definition) is 3. The molecule has 1 aliphatic rings. The van der Waals surface area contributed by atoms with Crippen molar-refractivity contribution in [3.05, 3.63) is 41.3 Å². The fourth-order valence-electron chi connectivity index (χ4n) is 1.29. The van der Waals surface area contributed by atoms with Crippen molar-refractivity contribution in [2.45, 2.75) is 4.99 Å². The third-order valence-electron chi connectivity index (χ3n) is 2.13. The molecule has 0 spiro atoms. The minimum absolute atomic E-state index is 0.574. The number of carbonyl (C=O) groups is 1. The second kappa shape index (κ2) is 3.60. The van der Waals surface area contributed by atoms with Gasteiger partial charge in [0, 0.05) is 0 Å². The predicted molar refractivity (Wildman–Crippen MR) is 61.3 cm³/mol. The van der Waals surface area contributed by atoms with Gasteiger partial charge < -0.3 is 11.1 Å². The van der Waals surface area contributed by atoms with Crippen LogP contribution in [-0.2, 0) is 4.79 Å². The van der Waals surface area contributed by atoms with Crippen LogP contribution in [0.25, 0.3) is 5.70 Å². The molecule has 1 amide bonds. The Balaban J connectivity index is 2.21. The normalized spacial score (nSPS) is 24.5. The van der Waals surface area contributed by atoms with Crippen LogP contribution in [0.5, 0.6) is 0 Å². The molecule has 5 N–H and O–H groups in total. The summed E-state index contributed by atoms with van der Waals surface area (Å²) in [4.78, 5) is 9.86. The highest BCUT2D eigenvalue weighted by molar-refractivity contribution is 8.04. The highest BCUT2D eigenvalue weighted by Crippen LogP contribution is 2.31. The monoisotopic (exact) mass is 221 g/mol. The first-order valence-corrected chi connectivity index (χ1v) is 5.30. The quantitative estimate of drug-likeness (QED) is 0.676. The van der Waals surface area contributed by atoms with E-state index in [1.165, 1.54) is 11.8 Å². The average molecular weight is 221 g/mol. The number of thioether (sulfide) groups is 1. The van der Waals surface area contributed by atoms with Crippen molar-refractivity contribution >= 4 is 23.4 Å². The first-order valence-electron chi connectivity index (χ1n) is 4.42. The minimum atomic E-state index is -1.22. The largest absolute Gasteiger partial charge is 0.366 e. The molecule has 15 heavy (non-hydrogen) atoms. The number of benzene rings is 1. The molecule has 0 aromatic heterocycles. The van der Waals surface area contributed by atoms with E-state index in [9.17, 15) is 4.79 Å². The molecule has 1 heterocycles. The Bertz CT molecular complexity index is 418. The van der Waals surface area contributed by atoms with Crippen molar-refractivity contribution in [1.29, 1.82) is 0 Å². The van der Waals surface area contributed by atoms with Gasteiger partial charge in [-0.05, 0) is 11.0 Å². The second-order valence-electron chi connectivity index (χ2n) is 3.24. The number of primary amides is 1. The van der Waals surface area contributed by atoms with Crippen LogP contribution in [0.4, 0.5) is 0 Å². The summed E-state index contributed by atoms with van der Waals surface area (Å²) in [5.74, 6) is -0.574. The lowest BCUT2D eigenvalue weighted by atomic mass is 10.2. The van der Waals surface area contributed by atoms with E-state index in [2.05, 4.69) is 5.32 Å². The van der Waals surface area contributed by atoms with Crippen LogP contribution < -0.4 is 16.8 Å². The van der Waals surface area contributed by atoms with E-state index in [4.69, 9.17) is 11.5 Å². The lowest BCUT2D eigenvalue weighted by Gasteiger charge is -2.20. The Morgan fingerprint density at radius 1 is 1.33 bits per heavy atom. The van der Waals surface area contributed by atoms with Gasteiger partial charge in [0.25, 0.3) is 5.91 Å². The molecule has 1 atom stereocenters. The summed E-state index contributed by atoms with van der Waals surface area (Å²) in [7, 11) is 0. The summed E-state index contributed by atoms with van der Waals surface area (Å²) in [6.07, 6.45) is 0. The SMILES string of the molecule is NC(=O)C1(N)NC(c2ccccc2)=CS1. The van der Waals surface area contributed by atoms with E-state index in [1.54, 1.807) is 5.41 Å². The summed E-state index contributed by atoms with van der Waals surface area (Å²) in [6, 6.07) is 9.64. The maximum atomic E-state index is 11.1. The zero-order valence-corrected chi connectivity index (χ0v) is 8.75. The number of rotatable bonds is 2. The van der Waals surface area contributed by atoms with Crippen molar-refractivity contribution in [1.82, 2.24) is 5.32 Å². The van der Waals surface area contributed by atoms with E-state index in [0.717, 1.165) is 11.3 Å². The fourth-order valence-corrected chi connectivity index (χ4v) is 2.07. The highest BCUT2D eigenvalue weighted by Gasteiger charge is 2.36. The summed E-state index contributed by atoms with van der Waals surface area (Å²) in [5.41, 5.74) is 12.8. The maximum absolute atomic E-state index is 11.1. The molecule has 0 fully saturated rings. The van der Waals surface area contributed by atoms with Gasteiger partial charge >= 0.3 is 0 Å². The first kappa shape index (κ1) is 10.1. The Labute approximate surface area is 91.7 Å². The standard InChI is InChI=1S/C10H11N3OS/c11-9(14)10(12)13-8(6-15-10)7-4-2-1-3-5-7/h1-6,13H,12H2,(H2,11,14). The van der Waals surface area contributed by atoms with Gasteiger partial charge in [0.05, 0.1) is 5.70 Å². The molecular weight excluding hydrogens is 210 g/mol. The van der Waals surface area contributed by atoms with Gasteiger partial charge in [-0.1, -0.05) is 42.1 Å². The van der Waals surface area contributed by atoms with Gasteiger partial charge in [0.2, 0.25) is 4.99 Å². The minimum Gasteiger partial charge on any atom is -0.366 e. The fraction of sp³-hybridized carbons (Fsp3) is 0.100. The van der Waals surface area contributed by atoms with Crippen LogP contribution in [0.3, 0.4) is 0 Å². The molecule has 0 bridgehead atoms. The third-order valence-corrected chi connectivity index (χ3v) is 3.16. The summed E-state index contributed by atoms with van der Waals surface area (Å²) in [5, 5.41) is 4.72. The van der Waals surface area contributed by atoms with Crippen LogP contribution in [0, 0.1) is 0 Å².